The Bertz CT molecular complexity index is 1560. The SMILES string of the molecule is COc1ccc(CCN2C(=O)C(=Cc3c(N4CC(C)OC(C)C4)nc4c(C)cccn4c3=O)SC2=S)cc1OC. The van der Waals surface area contributed by atoms with E-state index in [-0.39, 0.29) is 23.7 Å². The van der Waals surface area contributed by atoms with Gasteiger partial charge in [0.1, 0.15) is 15.8 Å². The molecule has 40 heavy (non-hydrogen) atoms. The Kier molecular flexibility index (Phi) is 8.16. The van der Waals surface area contributed by atoms with E-state index in [2.05, 4.69) is 4.90 Å². The molecule has 2 unspecified atom stereocenters. The van der Waals surface area contributed by atoms with E-state index in [9.17, 15) is 9.59 Å². The number of benzene rings is 1. The molecule has 210 valence electrons. The van der Waals surface area contributed by atoms with Crippen LogP contribution in [0.1, 0.15) is 30.5 Å². The van der Waals surface area contributed by atoms with Gasteiger partial charge in [-0.1, -0.05) is 36.1 Å². The number of carbonyl (C=O) groups is 1. The minimum Gasteiger partial charge on any atom is -0.493 e. The van der Waals surface area contributed by atoms with Crippen molar-refractivity contribution < 1.29 is 19.0 Å². The molecule has 2 aliphatic heterocycles. The highest BCUT2D eigenvalue weighted by Crippen LogP contribution is 2.35. The average molecular weight is 581 g/mol. The summed E-state index contributed by atoms with van der Waals surface area (Å²) >= 11 is 6.79. The molecule has 0 radical (unpaired) electrons. The third-order valence-electron chi connectivity index (χ3n) is 7.00. The molecule has 2 aromatic heterocycles. The smallest absolute Gasteiger partial charge is 0.267 e. The van der Waals surface area contributed by atoms with Crippen LogP contribution in [0, 0.1) is 6.92 Å². The minimum absolute atomic E-state index is 0.0245. The number of ether oxygens (including phenoxy) is 3. The van der Waals surface area contributed by atoms with Crippen molar-refractivity contribution in [1.82, 2.24) is 14.3 Å². The number of amides is 1. The minimum atomic E-state index is -0.230. The Morgan fingerprint density at radius 1 is 1.12 bits per heavy atom. The normalized spacial score (nSPS) is 20.6. The van der Waals surface area contributed by atoms with E-state index >= 15 is 0 Å². The van der Waals surface area contributed by atoms with E-state index in [4.69, 9.17) is 31.4 Å². The van der Waals surface area contributed by atoms with Crippen LogP contribution in [0.2, 0.25) is 0 Å². The predicted octanol–water partition coefficient (Wildman–Crippen LogP) is 4.08. The second-order valence-corrected chi connectivity index (χ2v) is 11.6. The van der Waals surface area contributed by atoms with E-state index in [0.717, 1.165) is 11.1 Å². The summed E-state index contributed by atoms with van der Waals surface area (Å²) in [7, 11) is 3.18. The van der Waals surface area contributed by atoms with Gasteiger partial charge in [0.05, 0.1) is 36.9 Å². The molecule has 9 nitrogen and oxygen atoms in total. The summed E-state index contributed by atoms with van der Waals surface area (Å²) in [6.07, 6.45) is 3.89. The van der Waals surface area contributed by atoms with Gasteiger partial charge in [0.15, 0.2) is 11.5 Å². The first-order valence-electron chi connectivity index (χ1n) is 13.1. The fourth-order valence-corrected chi connectivity index (χ4v) is 6.41. The van der Waals surface area contributed by atoms with Gasteiger partial charge in [-0.15, -0.1) is 0 Å². The van der Waals surface area contributed by atoms with Gasteiger partial charge in [-0.2, -0.15) is 0 Å². The van der Waals surface area contributed by atoms with Crippen molar-refractivity contribution in [3.05, 3.63) is 68.5 Å². The number of fused-ring (bicyclic) bond motifs is 1. The molecule has 5 rings (SSSR count). The first-order valence-corrected chi connectivity index (χ1v) is 14.3. The molecule has 0 aliphatic carbocycles. The number of hydrogen-bond acceptors (Lipinski definition) is 9. The van der Waals surface area contributed by atoms with Crippen molar-refractivity contribution in [3.63, 3.8) is 0 Å². The summed E-state index contributed by atoms with van der Waals surface area (Å²) in [6, 6.07) is 9.43. The van der Waals surface area contributed by atoms with Crippen LogP contribution in [-0.2, 0) is 16.0 Å². The number of aryl methyl sites for hydroxylation is 1. The highest BCUT2D eigenvalue weighted by Gasteiger charge is 2.33. The van der Waals surface area contributed by atoms with Gasteiger partial charge in [0.25, 0.3) is 11.5 Å². The lowest BCUT2D eigenvalue weighted by atomic mass is 10.1. The highest BCUT2D eigenvalue weighted by atomic mass is 32.2. The molecule has 4 heterocycles. The van der Waals surface area contributed by atoms with Gasteiger partial charge in [0, 0.05) is 25.8 Å². The number of thiocarbonyl (C=S) groups is 1. The molecule has 0 bridgehead atoms. The maximum Gasteiger partial charge on any atom is 0.267 e. The van der Waals surface area contributed by atoms with Gasteiger partial charge < -0.3 is 19.1 Å². The number of pyridine rings is 1. The molecule has 2 atom stereocenters. The Morgan fingerprint density at radius 2 is 1.85 bits per heavy atom. The molecular formula is C29H32N4O5S2. The number of anilines is 1. The summed E-state index contributed by atoms with van der Waals surface area (Å²) in [5, 5.41) is 0. The van der Waals surface area contributed by atoms with Crippen LogP contribution >= 0.6 is 24.0 Å². The molecule has 2 aliphatic rings. The fourth-order valence-electron chi connectivity index (χ4n) is 5.12. The lowest BCUT2D eigenvalue weighted by Crippen LogP contribution is -2.46. The van der Waals surface area contributed by atoms with Gasteiger partial charge in [-0.05, 0) is 62.6 Å². The largest absolute Gasteiger partial charge is 0.493 e. The molecule has 3 aromatic rings. The zero-order valence-electron chi connectivity index (χ0n) is 23.2. The lowest BCUT2D eigenvalue weighted by molar-refractivity contribution is -0.122. The van der Waals surface area contributed by atoms with E-state index in [1.54, 1.807) is 31.4 Å². The van der Waals surface area contributed by atoms with Crippen LogP contribution in [-0.4, -0.2) is 70.6 Å². The molecule has 2 saturated heterocycles. The number of aromatic nitrogens is 2. The van der Waals surface area contributed by atoms with E-state index in [1.807, 2.05) is 51.1 Å². The predicted molar refractivity (Wildman–Crippen MR) is 162 cm³/mol. The van der Waals surface area contributed by atoms with E-state index in [1.165, 1.54) is 16.2 Å². The second-order valence-electron chi connectivity index (χ2n) is 9.97. The Labute approximate surface area is 242 Å². The van der Waals surface area contributed by atoms with Gasteiger partial charge in [0.2, 0.25) is 0 Å². The monoisotopic (exact) mass is 580 g/mol. The van der Waals surface area contributed by atoms with Crippen molar-refractivity contribution in [1.29, 1.82) is 0 Å². The van der Waals surface area contributed by atoms with Crippen LogP contribution in [0.3, 0.4) is 0 Å². The maximum atomic E-state index is 13.8. The first kappa shape index (κ1) is 28.1. The van der Waals surface area contributed by atoms with Crippen molar-refractivity contribution in [2.75, 3.05) is 38.8 Å². The summed E-state index contributed by atoms with van der Waals surface area (Å²) in [4.78, 5) is 36.3. The van der Waals surface area contributed by atoms with Crippen LogP contribution in [0.5, 0.6) is 11.5 Å². The topological polar surface area (TPSA) is 85.6 Å². The summed E-state index contributed by atoms with van der Waals surface area (Å²) in [5.41, 5.74) is 2.61. The number of methoxy groups -OCH3 is 2. The van der Waals surface area contributed by atoms with Crippen molar-refractivity contribution >= 4 is 51.7 Å². The Morgan fingerprint density at radius 3 is 2.55 bits per heavy atom. The molecule has 1 aromatic carbocycles. The maximum absolute atomic E-state index is 13.8. The summed E-state index contributed by atoms with van der Waals surface area (Å²) < 4.78 is 18.6. The van der Waals surface area contributed by atoms with Gasteiger partial charge in [-0.3, -0.25) is 18.9 Å². The van der Waals surface area contributed by atoms with Crippen molar-refractivity contribution in [2.45, 2.75) is 39.4 Å². The van der Waals surface area contributed by atoms with Crippen molar-refractivity contribution in [2.24, 2.45) is 0 Å². The van der Waals surface area contributed by atoms with Crippen LogP contribution in [0.15, 0.2) is 46.2 Å². The molecular weight excluding hydrogens is 548 g/mol. The first-order chi connectivity index (χ1) is 19.2. The third-order valence-corrected chi connectivity index (χ3v) is 8.38. The Balaban J connectivity index is 1.48. The van der Waals surface area contributed by atoms with E-state index in [0.29, 0.717) is 63.8 Å². The van der Waals surface area contributed by atoms with Crippen LogP contribution in [0.25, 0.3) is 11.7 Å². The van der Waals surface area contributed by atoms with Gasteiger partial charge in [-0.25, -0.2) is 4.98 Å². The second kappa shape index (κ2) is 11.6. The number of hydrogen-bond donors (Lipinski definition) is 0. The Hall–Kier alpha value is -3.41. The zero-order chi connectivity index (χ0) is 28.6. The van der Waals surface area contributed by atoms with Crippen LogP contribution in [0.4, 0.5) is 5.82 Å². The van der Waals surface area contributed by atoms with Crippen molar-refractivity contribution in [3.8, 4) is 11.5 Å². The number of thioether (sulfide) groups is 1. The lowest BCUT2D eigenvalue weighted by Gasteiger charge is -2.36. The number of morpholine rings is 1. The number of rotatable bonds is 7. The number of nitrogens with zero attached hydrogens (tertiary/aromatic N) is 4. The molecule has 11 heteroatoms. The van der Waals surface area contributed by atoms with Gasteiger partial charge >= 0.3 is 0 Å². The molecule has 2 fully saturated rings. The molecule has 0 N–H and O–H groups in total. The summed E-state index contributed by atoms with van der Waals surface area (Å²) in [6.45, 7) is 7.52. The standard InChI is InChI=1S/C29H32N4O5S2/c1-17-7-6-11-32-25(17)30-26(31-15-18(2)38-19(3)16-31)21(27(32)34)14-24-28(35)33(29(39)40-24)12-10-20-8-9-22(36-4)23(13-20)37-5/h6-9,11,13-14,18-19H,10,12,15-16H2,1-5H3. The molecule has 0 saturated carbocycles. The number of carbonyl (C=O) groups excluding carboxylic acids is 1. The third kappa shape index (κ3) is 5.45. The fraction of sp³-hybridized carbons (Fsp3) is 0.379. The van der Waals surface area contributed by atoms with E-state index < -0.39 is 0 Å². The quantitative estimate of drug-likeness (QED) is 0.303. The summed E-state index contributed by atoms with van der Waals surface area (Å²) in [5.74, 6) is 1.60. The zero-order valence-corrected chi connectivity index (χ0v) is 24.8. The highest BCUT2D eigenvalue weighted by molar-refractivity contribution is 8.26. The van der Waals surface area contributed by atoms with Crippen LogP contribution < -0.4 is 19.9 Å². The molecule has 1 amide bonds. The molecule has 0 spiro atoms. The average Bonchev–Trinajstić information content (AvgIpc) is 3.20.